The molecule has 1 aliphatic rings. The Morgan fingerprint density at radius 1 is 1.38 bits per heavy atom. The van der Waals surface area contributed by atoms with Crippen LogP contribution >= 0.6 is 0 Å². The molecule has 16 heavy (non-hydrogen) atoms. The highest BCUT2D eigenvalue weighted by atomic mass is 16.3. The summed E-state index contributed by atoms with van der Waals surface area (Å²) < 4.78 is 0. The minimum Gasteiger partial charge on any atom is -0.395 e. The van der Waals surface area contributed by atoms with Gasteiger partial charge in [-0.3, -0.25) is 4.90 Å². The molecule has 2 atom stereocenters. The van der Waals surface area contributed by atoms with Gasteiger partial charge in [-0.15, -0.1) is 0 Å². The third-order valence-electron chi connectivity index (χ3n) is 3.56. The normalized spacial score (nSPS) is 20.4. The quantitative estimate of drug-likeness (QED) is 0.663. The smallest absolute Gasteiger partial charge is 0.0602 e. The molecule has 96 valence electrons. The van der Waals surface area contributed by atoms with E-state index in [1.54, 1.807) is 0 Å². The first kappa shape index (κ1) is 13.9. The molecule has 0 aromatic rings. The van der Waals surface area contributed by atoms with E-state index in [0.717, 1.165) is 18.9 Å². The highest BCUT2D eigenvalue weighted by molar-refractivity contribution is 4.92. The monoisotopic (exact) mass is 228 g/mol. The predicted molar refractivity (Wildman–Crippen MR) is 68.3 cm³/mol. The summed E-state index contributed by atoms with van der Waals surface area (Å²) in [6, 6.07) is 0.961. The molecule has 1 aliphatic carbocycles. The van der Waals surface area contributed by atoms with E-state index in [-0.39, 0.29) is 18.7 Å². The van der Waals surface area contributed by atoms with Gasteiger partial charge in [0, 0.05) is 18.1 Å². The van der Waals surface area contributed by atoms with E-state index in [4.69, 9.17) is 5.73 Å². The lowest BCUT2D eigenvalue weighted by Crippen LogP contribution is -2.51. The molecule has 3 N–H and O–H groups in total. The van der Waals surface area contributed by atoms with E-state index >= 15 is 0 Å². The fourth-order valence-electron chi connectivity index (χ4n) is 2.19. The molecule has 0 aromatic carbocycles. The first-order valence-electron chi connectivity index (χ1n) is 6.72. The van der Waals surface area contributed by atoms with Gasteiger partial charge in [-0.25, -0.2) is 0 Å². The van der Waals surface area contributed by atoms with Crippen LogP contribution in [0.25, 0.3) is 0 Å². The molecule has 0 amide bonds. The third kappa shape index (κ3) is 4.04. The molecule has 1 rings (SSSR count). The Labute approximate surface area is 100 Å². The summed E-state index contributed by atoms with van der Waals surface area (Å²) in [4.78, 5) is 2.45. The summed E-state index contributed by atoms with van der Waals surface area (Å²) in [5.41, 5.74) is 6.10. The first-order chi connectivity index (χ1) is 7.60. The van der Waals surface area contributed by atoms with Crippen LogP contribution in [0.2, 0.25) is 0 Å². The van der Waals surface area contributed by atoms with Crippen LogP contribution in [0.15, 0.2) is 0 Å². The second-order valence-electron chi connectivity index (χ2n) is 5.47. The molecule has 0 heterocycles. The Hall–Kier alpha value is -0.120. The van der Waals surface area contributed by atoms with E-state index in [1.165, 1.54) is 19.3 Å². The van der Waals surface area contributed by atoms with Gasteiger partial charge in [0.25, 0.3) is 0 Å². The highest BCUT2D eigenvalue weighted by Crippen LogP contribution is 2.30. The summed E-state index contributed by atoms with van der Waals surface area (Å²) in [6.07, 6.45) is 4.70. The molecule has 0 spiro atoms. The molecule has 0 bridgehead atoms. The fourth-order valence-corrected chi connectivity index (χ4v) is 2.19. The number of aliphatic hydroxyl groups is 1. The standard InChI is InChI=1S/C13H28N2O/c1-4-12(14)13(9-16)15(11-5-6-11)8-7-10(2)3/h10-13,16H,4-9,14H2,1-3H3. The summed E-state index contributed by atoms with van der Waals surface area (Å²) in [6.45, 7) is 7.88. The van der Waals surface area contributed by atoms with Crippen molar-refractivity contribution in [1.82, 2.24) is 4.90 Å². The summed E-state index contributed by atoms with van der Waals surface area (Å²) >= 11 is 0. The molecule has 0 aliphatic heterocycles. The van der Waals surface area contributed by atoms with Gasteiger partial charge in [-0.1, -0.05) is 20.8 Å². The predicted octanol–water partition coefficient (Wildman–Crippen LogP) is 1.60. The van der Waals surface area contributed by atoms with Crippen molar-refractivity contribution >= 4 is 0 Å². The third-order valence-corrected chi connectivity index (χ3v) is 3.56. The van der Waals surface area contributed by atoms with Crippen LogP contribution in [-0.2, 0) is 0 Å². The number of hydrogen-bond acceptors (Lipinski definition) is 3. The van der Waals surface area contributed by atoms with Crippen molar-refractivity contribution in [1.29, 1.82) is 0 Å². The molecular weight excluding hydrogens is 200 g/mol. The van der Waals surface area contributed by atoms with E-state index < -0.39 is 0 Å². The van der Waals surface area contributed by atoms with Crippen molar-refractivity contribution in [3.8, 4) is 0 Å². The second-order valence-corrected chi connectivity index (χ2v) is 5.47. The molecule has 1 fully saturated rings. The van der Waals surface area contributed by atoms with Crippen LogP contribution in [-0.4, -0.2) is 41.3 Å². The maximum absolute atomic E-state index is 9.52. The Morgan fingerprint density at radius 2 is 2.00 bits per heavy atom. The summed E-state index contributed by atoms with van der Waals surface area (Å²) in [5, 5.41) is 9.52. The van der Waals surface area contributed by atoms with Crippen molar-refractivity contribution in [2.75, 3.05) is 13.2 Å². The van der Waals surface area contributed by atoms with Crippen LogP contribution in [0.5, 0.6) is 0 Å². The van der Waals surface area contributed by atoms with Crippen molar-refractivity contribution in [3.05, 3.63) is 0 Å². The highest BCUT2D eigenvalue weighted by Gasteiger charge is 2.35. The molecule has 1 saturated carbocycles. The number of hydrogen-bond donors (Lipinski definition) is 2. The zero-order valence-corrected chi connectivity index (χ0v) is 11.0. The topological polar surface area (TPSA) is 49.5 Å². The molecule has 0 aromatic heterocycles. The summed E-state index contributed by atoms with van der Waals surface area (Å²) in [7, 11) is 0. The Balaban J connectivity index is 2.52. The van der Waals surface area contributed by atoms with Crippen LogP contribution in [0.4, 0.5) is 0 Å². The van der Waals surface area contributed by atoms with E-state index in [1.807, 2.05) is 0 Å². The van der Waals surface area contributed by atoms with Gasteiger partial charge >= 0.3 is 0 Å². The van der Waals surface area contributed by atoms with Gasteiger partial charge in [0.05, 0.1) is 6.61 Å². The van der Waals surface area contributed by atoms with E-state index in [2.05, 4.69) is 25.7 Å². The van der Waals surface area contributed by atoms with Gasteiger partial charge in [0.1, 0.15) is 0 Å². The molecule has 0 radical (unpaired) electrons. The van der Waals surface area contributed by atoms with Gasteiger partial charge in [-0.2, -0.15) is 0 Å². The van der Waals surface area contributed by atoms with Crippen LogP contribution < -0.4 is 5.73 Å². The van der Waals surface area contributed by atoms with Gasteiger partial charge in [-0.05, 0) is 38.1 Å². The maximum Gasteiger partial charge on any atom is 0.0602 e. The zero-order valence-electron chi connectivity index (χ0n) is 11.0. The lowest BCUT2D eigenvalue weighted by Gasteiger charge is -2.34. The molecular formula is C13H28N2O. The van der Waals surface area contributed by atoms with Gasteiger partial charge in [0.2, 0.25) is 0 Å². The number of nitrogens with two attached hydrogens (primary N) is 1. The van der Waals surface area contributed by atoms with Gasteiger partial charge < -0.3 is 10.8 Å². The molecule has 3 heteroatoms. The van der Waals surface area contributed by atoms with Gasteiger partial charge in [0.15, 0.2) is 0 Å². The van der Waals surface area contributed by atoms with Crippen LogP contribution in [0, 0.1) is 5.92 Å². The van der Waals surface area contributed by atoms with Crippen molar-refractivity contribution in [2.24, 2.45) is 11.7 Å². The van der Waals surface area contributed by atoms with Crippen LogP contribution in [0.3, 0.4) is 0 Å². The SMILES string of the molecule is CCC(N)C(CO)N(CCC(C)C)C1CC1. The largest absolute Gasteiger partial charge is 0.395 e. The van der Waals surface area contributed by atoms with Crippen molar-refractivity contribution < 1.29 is 5.11 Å². The number of rotatable bonds is 8. The lowest BCUT2D eigenvalue weighted by atomic mass is 10.0. The minimum atomic E-state index is 0.109. The van der Waals surface area contributed by atoms with E-state index in [9.17, 15) is 5.11 Å². The fraction of sp³-hybridized carbons (Fsp3) is 1.00. The zero-order chi connectivity index (χ0) is 12.1. The number of nitrogens with zero attached hydrogens (tertiary/aromatic N) is 1. The van der Waals surface area contributed by atoms with Crippen LogP contribution in [0.1, 0.15) is 46.5 Å². The second kappa shape index (κ2) is 6.58. The molecule has 2 unspecified atom stereocenters. The Morgan fingerprint density at radius 3 is 2.38 bits per heavy atom. The van der Waals surface area contributed by atoms with E-state index in [0.29, 0.717) is 6.04 Å². The lowest BCUT2D eigenvalue weighted by molar-refractivity contribution is 0.0914. The minimum absolute atomic E-state index is 0.109. The molecule has 0 saturated heterocycles. The average Bonchev–Trinajstić information content (AvgIpc) is 3.06. The summed E-state index contributed by atoms with van der Waals surface area (Å²) in [5.74, 6) is 0.721. The Bertz CT molecular complexity index is 192. The van der Waals surface area contributed by atoms with Crippen molar-refractivity contribution in [2.45, 2.75) is 64.6 Å². The maximum atomic E-state index is 9.52. The molecule has 3 nitrogen and oxygen atoms in total. The first-order valence-corrected chi connectivity index (χ1v) is 6.72. The van der Waals surface area contributed by atoms with Crippen molar-refractivity contribution in [3.63, 3.8) is 0 Å². The average molecular weight is 228 g/mol. The number of aliphatic hydroxyl groups excluding tert-OH is 1. The Kier molecular flexibility index (Phi) is 5.73.